The van der Waals surface area contributed by atoms with Crippen LogP contribution in [0.1, 0.15) is 52.0 Å². The average Bonchev–Trinajstić information content (AvgIpc) is 3.39. The number of amides is 4. The van der Waals surface area contributed by atoms with Crippen molar-refractivity contribution >= 4 is 23.6 Å². The van der Waals surface area contributed by atoms with Gasteiger partial charge in [0.15, 0.2) is 0 Å². The number of hydrogen-bond donors (Lipinski definition) is 4. The van der Waals surface area contributed by atoms with E-state index >= 15 is 0 Å². The fraction of sp³-hybridized carbons (Fsp3) is 0.600. The summed E-state index contributed by atoms with van der Waals surface area (Å²) in [6.45, 7) is 6.45. The molecule has 1 aromatic rings. The molecule has 4 amide bonds. The van der Waals surface area contributed by atoms with Crippen LogP contribution in [0.4, 0.5) is 0 Å². The van der Waals surface area contributed by atoms with Gasteiger partial charge in [-0.25, -0.2) is 0 Å². The molecule has 1 aromatic carbocycles. The molecule has 33 heavy (non-hydrogen) atoms. The topological polar surface area (TPSA) is 116 Å². The predicted octanol–water partition coefficient (Wildman–Crippen LogP) is 1.54. The second-order valence-corrected chi connectivity index (χ2v) is 9.06. The third kappa shape index (κ3) is 10.1. The largest absolute Gasteiger partial charge is 0.356 e. The minimum atomic E-state index is -0.402. The zero-order valence-corrected chi connectivity index (χ0v) is 20.0. The van der Waals surface area contributed by atoms with Crippen molar-refractivity contribution in [3.8, 4) is 0 Å². The van der Waals surface area contributed by atoms with Gasteiger partial charge in [-0.1, -0.05) is 50.6 Å². The van der Waals surface area contributed by atoms with Gasteiger partial charge in [0, 0.05) is 24.9 Å². The number of unbranched alkanes of at least 4 members (excludes halogenated alkanes) is 2. The Morgan fingerprint density at radius 3 is 2.12 bits per heavy atom. The molecule has 0 aliphatic heterocycles. The van der Waals surface area contributed by atoms with Crippen LogP contribution in [-0.4, -0.2) is 49.3 Å². The number of hydrogen-bond acceptors (Lipinski definition) is 4. The molecule has 3 atom stereocenters. The van der Waals surface area contributed by atoms with E-state index in [0.29, 0.717) is 37.6 Å². The summed E-state index contributed by atoms with van der Waals surface area (Å²) in [6, 6.07) is 9.80. The minimum absolute atomic E-state index is 0.0503. The van der Waals surface area contributed by atoms with Crippen molar-refractivity contribution in [1.29, 1.82) is 0 Å². The van der Waals surface area contributed by atoms with Gasteiger partial charge in [0.2, 0.25) is 23.6 Å². The Bertz CT molecular complexity index is 791. The molecule has 1 aliphatic rings. The van der Waals surface area contributed by atoms with Crippen molar-refractivity contribution in [2.24, 2.45) is 17.8 Å². The summed E-state index contributed by atoms with van der Waals surface area (Å²) in [5.41, 5.74) is 1.13. The maximum Gasteiger partial charge on any atom is 0.239 e. The smallest absolute Gasteiger partial charge is 0.239 e. The highest BCUT2D eigenvalue weighted by atomic mass is 16.2. The Morgan fingerprint density at radius 2 is 1.45 bits per heavy atom. The summed E-state index contributed by atoms with van der Waals surface area (Å²) in [5.74, 6) is 0.378. The predicted molar refractivity (Wildman–Crippen MR) is 127 cm³/mol. The van der Waals surface area contributed by atoms with Crippen LogP contribution in [-0.2, 0) is 25.6 Å². The molecule has 1 aliphatic carbocycles. The summed E-state index contributed by atoms with van der Waals surface area (Å²) in [7, 11) is 0. The molecule has 0 bridgehead atoms. The summed E-state index contributed by atoms with van der Waals surface area (Å²) in [6.07, 6.45) is 3.39. The second-order valence-electron chi connectivity index (χ2n) is 9.06. The molecule has 0 aromatic heterocycles. The quantitative estimate of drug-likeness (QED) is 0.317. The van der Waals surface area contributed by atoms with Crippen molar-refractivity contribution < 1.29 is 19.2 Å². The van der Waals surface area contributed by atoms with E-state index in [-0.39, 0.29) is 42.8 Å². The third-order valence-corrected chi connectivity index (χ3v) is 6.19. The zero-order chi connectivity index (χ0) is 24.2. The molecule has 0 radical (unpaired) electrons. The Kier molecular flexibility index (Phi) is 10.9. The van der Waals surface area contributed by atoms with E-state index < -0.39 is 5.91 Å². The van der Waals surface area contributed by atoms with Crippen LogP contribution in [0.3, 0.4) is 0 Å². The Labute approximate surface area is 196 Å². The van der Waals surface area contributed by atoms with Gasteiger partial charge >= 0.3 is 0 Å². The highest BCUT2D eigenvalue weighted by molar-refractivity contribution is 5.88. The number of rotatable bonds is 14. The van der Waals surface area contributed by atoms with Crippen molar-refractivity contribution in [3.63, 3.8) is 0 Å². The van der Waals surface area contributed by atoms with E-state index in [1.165, 1.54) is 0 Å². The zero-order valence-electron chi connectivity index (χ0n) is 20.0. The van der Waals surface area contributed by atoms with Gasteiger partial charge in [-0.3, -0.25) is 19.2 Å². The first-order valence-electron chi connectivity index (χ1n) is 11.9. The molecule has 182 valence electrons. The van der Waals surface area contributed by atoms with Crippen molar-refractivity contribution in [2.75, 3.05) is 19.6 Å². The van der Waals surface area contributed by atoms with E-state index in [4.69, 9.17) is 0 Å². The van der Waals surface area contributed by atoms with Gasteiger partial charge in [0.1, 0.15) is 0 Å². The fourth-order valence-electron chi connectivity index (χ4n) is 3.91. The monoisotopic (exact) mass is 458 g/mol. The van der Waals surface area contributed by atoms with Crippen LogP contribution in [0.2, 0.25) is 0 Å². The van der Waals surface area contributed by atoms with Crippen LogP contribution in [0.5, 0.6) is 0 Å². The summed E-state index contributed by atoms with van der Waals surface area (Å²) >= 11 is 0. The van der Waals surface area contributed by atoms with Crippen molar-refractivity contribution in [3.05, 3.63) is 35.9 Å². The molecule has 1 fully saturated rings. The van der Waals surface area contributed by atoms with Crippen LogP contribution in [0.15, 0.2) is 30.3 Å². The Balaban J connectivity index is 1.45. The lowest BCUT2D eigenvalue weighted by Crippen LogP contribution is -2.44. The highest BCUT2D eigenvalue weighted by Crippen LogP contribution is 2.45. The maximum absolute atomic E-state index is 12.0. The minimum Gasteiger partial charge on any atom is -0.356 e. The molecule has 0 saturated heterocycles. The third-order valence-electron chi connectivity index (χ3n) is 6.19. The first-order chi connectivity index (χ1) is 15.8. The first kappa shape index (κ1) is 26.4. The molecule has 8 heteroatoms. The SMILES string of the molecule is CC(Cc1ccccc1)NC(=O)CNC(=O)CNC(=O)CCCCCNC(=O)C1C(C)C1C. The molecular formula is C25H38N4O4. The van der Waals surface area contributed by atoms with Crippen LogP contribution in [0.25, 0.3) is 0 Å². The van der Waals surface area contributed by atoms with Crippen LogP contribution >= 0.6 is 0 Å². The maximum atomic E-state index is 12.0. The Hall–Kier alpha value is -2.90. The van der Waals surface area contributed by atoms with Crippen LogP contribution < -0.4 is 21.3 Å². The molecule has 3 unspecified atom stereocenters. The number of nitrogens with one attached hydrogen (secondary N) is 4. The number of carbonyl (C=O) groups excluding carboxylic acids is 4. The molecule has 0 spiro atoms. The van der Waals surface area contributed by atoms with Gasteiger partial charge in [-0.2, -0.15) is 0 Å². The molecule has 2 rings (SSSR count). The molecule has 4 N–H and O–H groups in total. The van der Waals surface area contributed by atoms with Crippen LogP contribution in [0, 0.1) is 17.8 Å². The van der Waals surface area contributed by atoms with Gasteiger partial charge in [0.25, 0.3) is 0 Å². The lowest BCUT2D eigenvalue weighted by molar-refractivity contribution is -0.127. The van der Waals surface area contributed by atoms with Gasteiger partial charge in [0.05, 0.1) is 13.1 Å². The Morgan fingerprint density at radius 1 is 0.818 bits per heavy atom. The standard InChI is InChI=1S/C25H38N4O4/c1-17(14-20-10-6-4-7-11-20)29-23(32)16-28-22(31)15-27-21(30)12-8-5-9-13-26-25(33)24-18(2)19(24)3/h4,6-7,10-11,17-19,24H,5,8-9,12-16H2,1-3H3,(H,26,33)(H,27,30)(H,28,31)(H,29,32). The molecule has 8 nitrogen and oxygen atoms in total. The average molecular weight is 459 g/mol. The van der Waals surface area contributed by atoms with E-state index in [1.807, 2.05) is 37.3 Å². The lowest BCUT2D eigenvalue weighted by atomic mass is 10.1. The summed E-state index contributed by atoms with van der Waals surface area (Å²) in [5, 5.41) is 10.9. The second kappa shape index (κ2) is 13.6. The van der Waals surface area contributed by atoms with Gasteiger partial charge in [-0.15, -0.1) is 0 Å². The first-order valence-corrected chi connectivity index (χ1v) is 11.9. The molecule has 0 heterocycles. The van der Waals surface area contributed by atoms with Gasteiger partial charge < -0.3 is 21.3 Å². The fourth-order valence-corrected chi connectivity index (χ4v) is 3.91. The van der Waals surface area contributed by atoms with E-state index in [2.05, 4.69) is 35.1 Å². The van der Waals surface area contributed by atoms with Crippen molar-refractivity contribution in [2.45, 2.75) is 58.9 Å². The number of carbonyl (C=O) groups is 4. The summed E-state index contributed by atoms with van der Waals surface area (Å²) in [4.78, 5) is 47.6. The normalized spacial score (nSPS) is 19.8. The van der Waals surface area contributed by atoms with E-state index in [1.54, 1.807) is 0 Å². The lowest BCUT2D eigenvalue weighted by Gasteiger charge is -2.14. The van der Waals surface area contributed by atoms with Gasteiger partial charge in [-0.05, 0) is 43.6 Å². The highest BCUT2D eigenvalue weighted by Gasteiger charge is 2.47. The number of benzene rings is 1. The molecule has 1 saturated carbocycles. The van der Waals surface area contributed by atoms with E-state index in [9.17, 15) is 19.2 Å². The van der Waals surface area contributed by atoms with E-state index in [0.717, 1.165) is 18.4 Å². The molecular weight excluding hydrogens is 420 g/mol. The van der Waals surface area contributed by atoms with Crippen molar-refractivity contribution in [1.82, 2.24) is 21.3 Å². The summed E-state index contributed by atoms with van der Waals surface area (Å²) < 4.78 is 0.